The summed E-state index contributed by atoms with van der Waals surface area (Å²) in [5.41, 5.74) is 0. The first-order valence-electron chi connectivity index (χ1n) is 6.96. The third-order valence-electron chi connectivity index (χ3n) is 3.24. The lowest BCUT2D eigenvalue weighted by atomic mass is 10.2. The van der Waals surface area contributed by atoms with Gasteiger partial charge in [-0.3, -0.25) is 9.69 Å². The highest BCUT2D eigenvalue weighted by molar-refractivity contribution is 5.80. The Morgan fingerprint density at radius 2 is 2.00 bits per heavy atom. The molecule has 0 aromatic carbocycles. The molecular formula is C14H26N2O3. The van der Waals surface area contributed by atoms with Gasteiger partial charge < -0.3 is 14.7 Å². The highest BCUT2D eigenvalue weighted by atomic mass is 16.5. The van der Waals surface area contributed by atoms with Gasteiger partial charge in [0.1, 0.15) is 6.10 Å². The van der Waals surface area contributed by atoms with Crippen LogP contribution in [0.25, 0.3) is 0 Å². The van der Waals surface area contributed by atoms with Crippen LogP contribution in [0.3, 0.4) is 0 Å². The van der Waals surface area contributed by atoms with Crippen molar-refractivity contribution in [1.82, 2.24) is 9.80 Å². The number of aliphatic hydroxyl groups is 1. The van der Waals surface area contributed by atoms with Crippen LogP contribution in [0, 0.1) is 0 Å². The van der Waals surface area contributed by atoms with Crippen molar-refractivity contribution in [3.05, 3.63) is 12.7 Å². The lowest BCUT2D eigenvalue weighted by molar-refractivity contribution is -0.144. The summed E-state index contributed by atoms with van der Waals surface area (Å²) in [6.45, 7) is 11.5. The Morgan fingerprint density at radius 3 is 2.53 bits per heavy atom. The molecule has 0 aromatic rings. The average Bonchev–Trinajstić information content (AvgIpc) is 2.38. The molecule has 1 saturated heterocycles. The van der Waals surface area contributed by atoms with Crippen LogP contribution < -0.4 is 0 Å². The summed E-state index contributed by atoms with van der Waals surface area (Å²) in [6.07, 6.45) is 1.85. The zero-order valence-corrected chi connectivity index (χ0v) is 12.0. The first-order valence-corrected chi connectivity index (χ1v) is 6.96. The van der Waals surface area contributed by atoms with Crippen molar-refractivity contribution in [2.75, 3.05) is 39.3 Å². The van der Waals surface area contributed by atoms with Gasteiger partial charge >= 0.3 is 0 Å². The molecule has 1 rings (SSSR count). The number of β-amino-alcohol motifs (C(OH)–C–C–N with tert-alkyl or cyclic N) is 1. The zero-order valence-electron chi connectivity index (χ0n) is 12.0. The summed E-state index contributed by atoms with van der Waals surface area (Å²) < 4.78 is 5.47. The number of piperazine rings is 1. The summed E-state index contributed by atoms with van der Waals surface area (Å²) in [5, 5.41) is 9.34. The fraction of sp³-hybridized carbons (Fsp3) is 0.786. The van der Waals surface area contributed by atoms with E-state index in [1.807, 2.05) is 4.90 Å². The second-order valence-electron chi connectivity index (χ2n) is 5.07. The molecular weight excluding hydrogens is 244 g/mol. The topological polar surface area (TPSA) is 53.0 Å². The van der Waals surface area contributed by atoms with E-state index in [4.69, 9.17) is 4.74 Å². The lowest BCUT2D eigenvalue weighted by Gasteiger charge is -2.36. The maximum absolute atomic E-state index is 12.1. The number of nitrogens with zero attached hydrogens (tertiary/aromatic N) is 2. The molecule has 0 aromatic heterocycles. The lowest BCUT2D eigenvalue weighted by Crippen LogP contribution is -2.52. The van der Waals surface area contributed by atoms with Gasteiger partial charge in [0.25, 0.3) is 5.91 Å². The quantitative estimate of drug-likeness (QED) is 0.540. The van der Waals surface area contributed by atoms with Gasteiger partial charge in [-0.15, -0.1) is 6.58 Å². The predicted octanol–water partition coefficient (Wildman–Crippen LogP) is 0.493. The van der Waals surface area contributed by atoms with Crippen LogP contribution in [0.2, 0.25) is 0 Å². The SMILES string of the molecule is C=CCCOC(C)C(=O)N1CCN(CC(C)O)CC1. The molecule has 5 nitrogen and oxygen atoms in total. The van der Waals surface area contributed by atoms with E-state index in [0.29, 0.717) is 26.2 Å². The van der Waals surface area contributed by atoms with Crippen LogP contribution in [0.1, 0.15) is 20.3 Å². The summed E-state index contributed by atoms with van der Waals surface area (Å²) in [6, 6.07) is 0. The summed E-state index contributed by atoms with van der Waals surface area (Å²) >= 11 is 0. The number of aliphatic hydroxyl groups excluding tert-OH is 1. The van der Waals surface area contributed by atoms with Gasteiger partial charge in [0.05, 0.1) is 12.7 Å². The fourth-order valence-electron chi connectivity index (χ4n) is 2.18. The van der Waals surface area contributed by atoms with Gasteiger partial charge in [0.15, 0.2) is 0 Å². The first-order chi connectivity index (χ1) is 9.04. The van der Waals surface area contributed by atoms with Crippen molar-refractivity contribution in [2.45, 2.75) is 32.5 Å². The van der Waals surface area contributed by atoms with Gasteiger partial charge in [-0.1, -0.05) is 6.08 Å². The van der Waals surface area contributed by atoms with E-state index < -0.39 is 0 Å². The van der Waals surface area contributed by atoms with Crippen molar-refractivity contribution in [3.63, 3.8) is 0 Å². The van der Waals surface area contributed by atoms with E-state index in [9.17, 15) is 9.90 Å². The molecule has 1 aliphatic heterocycles. The molecule has 0 aliphatic carbocycles. The number of carbonyl (C=O) groups excluding carboxylic acids is 1. The molecule has 1 heterocycles. The third kappa shape index (κ3) is 5.72. The third-order valence-corrected chi connectivity index (χ3v) is 3.24. The molecule has 19 heavy (non-hydrogen) atoms. The van der Waals surface area contributed by atoms with E-state index in [1.165, 1.54) is 0 Å². The minimum Gasteiger partial charge on any atom is -0.392 e. The number of hydrogen-bond acceptors (Lipinski definition) is 4. The Labute approximate surface area is 115 Å². The zero-order chi connectivity index (χ0) is 14.3. The van der Waals surface area contributed by atoms with Crippen molar-refractivity contribution in [1.29, 1.82) is 0 Å². The van der Waals surface area contributed by atoms with Crippen molar-refractivity contribution in [3.8, 4) is 0 Å². The molecule has 1 amide bonds. The largest absolute Gasteiger partial charge is 0.392 e. The maximum atomic E-state index is 12.1. The maximum Gasteiger partial charge on any atom is 0.251 e. The Kier molecular flexibility index (Phi) is 7.05. The second-order valence-corrected chi connectivity index (χ2v) is 5.07. The van der Waals surface area contributed by atoms with E-state index in [2.05, 4.69) is 11.5 Å². The minimum atomic E-state index is -0.386. The average molecular weight is 270 g/mol. The van der Waals surface area contributed by atoms with E-state index in [0.717, 1.165) is 19.5 Å². The predicted molar refractivity (Wildman–Crippen MR) is 74.9 cm³/mol. The highest BCUT2D eigenvalue weighted by Gasteiger charge is 2.25. The Hall–Kier alpha value is -0.910. The van der Waals surface area contributed by atoms with E-state index >= 15 is 0 Å². The molecule has 1 N–H and O–H groups in total. The number of rotatable bonds is 7. The molecule has 0 bridgehead atoms. The van der Waals surface area contributed by atoms with Gasteiger partial charge in [0, 0.05) is 32.7 Å². The van der Waals surface area contributed by atoms with Gasteiger partial charge in [0.2, 0.25) is 0 Å². The molecule has 0 saturated carbocycles. The van der Waals surface area contributed by atoms with Crippen LogP contribution in [-0.4, -0.2) is 72.4 Å². The Balaban J connectivity index is 2.29. The monoisotopic (exact) mass is 270 g/mol. The normalized spacial score (nSPS) is 20.1. The van der Waals surface area contributed by atoms with E-state index in [1.54, 1.807) is 19.9 Å². The summed E-state index contributed by atoms with van der Waals surface area (Å²) in [7, 11) is 0. The van der Waals surface area contributed by atoms with Crippen LogP contribution in [0.4, 0.5) is 0 Å². The molecule has 2 unspecified atom stereocenters. The Bertz CT molecular complexity index is 286. The van der Waals surface area contributed by atoms with Crippen LogP contribution in [0.5, 0.6) is 0 Å². The fourth-order valence-corrected chi connectivity index (χ4v) is 2.18. The first kappa shape index (κ1) is 16.1. The van der Waals surface area contributed by atoms with Crippen LogP contribution >= 0.6 is 0 Å². The highest BCUT2D eigenvalue weighted by Crippen LogP contribution is 2.07. The second kappa shape index (κ2) is 8.30. The van der Waals surface area contributed by atoms with Gasteiger partial charge in [-0.05, 0) is 20.3 Å². The molecule has 110 valence electrons. The molecule has 0 spiro atoms. The summed E-state index contributed by atoms with van der Waals surface area (Å²) in [5.74, 6) is 0.0563. The molecule has 5 heteroatoms. The van der Waals surface area contributed by atoms with Gasteiger partial charge in [-0.2, -0.15) is 0 Å². The van der Waals surface area contributed by atoms with Crippen molar-refractivity contribution < 1.29 is 14.6 Å². The van der Waals surface area contributed by atoms with Crippen LogP contribution in [0.15, 0.2) is 12.7 Å². The molecule has 0 radical (unpaired) electrons. The number of ether oxygens (including phenoxy) is 1. The molecule has 1 aliphatic rings. The number of amides is 1. The van der Waals surface area contributed by atoms with Crippen LogP contribution in [-0.2, 0) is 9.53 Å². The summed E-state index contributed by atoms with van der Waals surface area (Å²) in [4.78, 5) is 16.2. The number of hydrogen-bond donors (Lipinski definition) is 1. The molecule has 2 atom stereocenters. The Morgan fingerprint density at radius 1 is 1.37 bits per heavy atom. The standard InChI is InChI=1S/C14H26N2O3/c1-4-5-10-19-13(3)14(18)16-8-6-15(7-9-16)11-12(2)17/h4,12-13,17H,1,5-11H2,2-3H3. The van der Waals surface area contributed by atoms with Gasteiger partial charge in [-0.25, -0.2) is 0 Å². The van der Waals surface area contributed by atoms with E-state index in [-0.39, 0.29) is 18.1 Å². The van der Waals surface area contributed by atoms with Crippen molar-refractivity contribution in [2.24, 2.45) is 0 Å². The minimum absolute atomic E-state index is 0.0563. The van der Waals surface area contributed by atoms with Crippen molar-refractivity contribution >= 4 is 5.91 Å². The molecule has 1 fully saturated rings. The number of carbonyl (C=O) groups is 1. The smallest absolute Gasteiger partial charge is 0.251 e.